The summed E-state index contributed by atoms with van der Waals surface area (Å²) < 4.78 is 43.0. The third-order valence-electron chi connectivity index (χ3n) is 5.15. The average Bonchev–Trinajstić information content (AvgIpc) is 3.22. The molecule has 0 bridgehead atoms. The molecule has 2 heterocycles. The molecule has 1 aliphatic rings. The van der Waals surface area contributed by atoms with Crippen LogP contribution in [-0.4, -0.2) is 68.0 Å². The van der Waals surface area contributed by atoms with Crippen molar-refractivity contribution in [3.05, 3.63) is 48.0 Å². The van der Waals surface area contributed by atoms with Crippen LogP contribution in [0.15, 0.2) is 36.5 Å². The van der Waals surface area contributed by atoms with Crippen LogP contribution in [-0.2, 0) is 16.1 Å². The fraction of sp³-hybridized carbons (Fsp3) is 0.480. The highest BCUT2D eigenvalue weighted by Gasteiger charge is 2.32. The van der Waals surface area contributed by atoms with Crippen molar-refractivity contribution in [3.8, 4) is 11.1 Å². The number of pyridine rings is 1. The van der Waals surface area contributed by atoms with Crippen LogP contribution in [0.3, 0.4) is 0 Å². The van der Waals surface area contributed by atoms with Crippen molar-refractivity contribution < 1.29 is 27.5 Å². The van der Waals surface area contributed by atoms with Crippen molar-refractivity contribution >= 4 is 17.7 Å². The number of carbonyl (C=O) groups excluding carboxylic acids is 2. The number of nitrogens with zero attached hydrogens (tertiary/aromatic N) is 3. The van der Waals surface area contributed by atoms with Crippen molar-refractivity contribution in [1.29, 1.82) is 0 Å². The van der Waals surface area contributed by atoms with E-state index in [-0.39, 0.29) is 32.3 Å². The number of rotatable bonds is 10. The van der Waals surface area contributed by atoms with Gasteiger partial charge < -0.3 is 15.0 Å². The Morgan fingerprint density at radius 1 is 1.26 bits per heavy atom. The topological polar surface area (TPSA) is 74.8 Å². The van der Waals surface area contributed by atoms with Crippen LogP contribution in [0.25, 0.3) is 11.1 Å². The van der Waals surface area contributed by atoms with Gasteiger partial charge in [0.05, 0.1) is 37.8 Å². The molecule has 192 valence electrons. The summed E-state index contributed by atoms with van der Waals surface area (Å²) in [4.78, 5) is 30.8. The molecule has 1 unspecified atom stereocenters. The maximum atomic E-state index is 14.8. The molecule has 0 radical (unpaired) electrons. The molecule has 0 aliphatic carbocycles. The zero-order chi connectivity index (χ0) is 25.8. The van der Waals surface area contributed by atoms with Gasteiger partial charge in [-0.3, -0.25) is 23.5 Å². The summed E-state index contributed by atoms with van der Waals surface area (Å²) in [7, 11) is 1.90. The van der Waals surface area contributed by atoms with Crippen LogP contribution in [0.4, 0.5) is 23.7 Å². The summed E-state index contributed by atoms with van der Waals surface area (Å²) in [6.07, 6.45) is 1.67. The fourth-order valence-electron chi connectivity index (χ4n) is 3.36. The van der Waals surface area contributed by atoms with Crippen LogP contribution in [0, 0.1) is 5.82 Å². The molecule has 2 aromatic rings. The lowest BCUT2D eigenvalue weighted by Gasteiger charge is -2.16. The zero-order valence-electron chi connectivity index (χ0n) is 20.4. The lowest BCUT2D eigenvalue weighted by Crippen LogP contribution is -2.33. The molecule has 1 aromatic heterocycles. The van der Waals surface area contributed by atoms with E-state index in [1.54, 1.807) is 31.3 Å². The molecule has 35 heavy (non-hydrogen) atoms. The summed E-state index contributed by atoms with van der Waals surface area (Å²) in [5.41, 5.74) is 2.19. The number of anilines is 1. The Bertz CT molecular complexity index is 957. The predicted octanol–water partition coefficient (Wildman–Crippen LogP) is 4.51. The molecule has 1 fully saturated rings. The molecular weight excluding hydrogens is 461 g/mol. The monoisotopic (exact) mass is 494 g/mol. The van der Waals surface area contributed by atoms with Gasteiger partial charge in [-0.1, -0.05) is 13.0 Å². The Labute approximate surface area is 204 Å². The minimum atomic E-state index is -0.578. The largest absolute Gasteiger partial charge is 0.442 e. The van der Waals surface area contributed by atoms with E-state index in [1.165, 1.54) is 17.9 Å². The normalized spacial score (nSPS) is 15.0. The maximum absolute atomic E-state index is 14.8. The summed E-state index contributed by atoms with van der Waals surface area (Å²) >= 11 is 0. The molecule has 1 aromatic carbocycles. The van der Waals surface area contributed by atoms with Crippen molar-refractivity contribution in [2.75, 3.05) is 44.9 Å². The Balaban J connectivity index is 0.00000100. The third kappa shape index (κ3) is 8.86. The van der Waals surface area contributed by atoms with Crippen LogP contribution >= 0.6 is 0 Å². The van der Waals surface area contributed by atoms with E-state index in [2.05, 4.69) is 10.3 Å². The first-order valence-corrected chi connectivity index (χ1v) is 11.6. The Hall–Kier alpha value is -3.14. The van der Waals surface area contributed by atoms with Gasteiger partial charge in [-0.05, 0) is 44.2 Å². The van der Waals surface area contributed by atoms with Gasteiger partial charge in [0.2, 0.25) is 5.91 Å². The van der Waals surface area contributed by atoms with Gasteiger partial charge in [0, 0.05) is 37.3 Å². The highest BCUT2D eigenvalue weighted by Crippen LogP contribution is 2.29. The first kappa shape index (κ1) is 28.1. The van der Waals surface area contributed by atoms with E-state index in [0.29, 0.717) is 42.7 Å². The van der Waals surface area contributed by atoms with E-state index < -0.39 is 18.0 Å². The molecule has 0 spiro atoms. The number of alkyl halides is 2. The second kappa shape index (κ2) is 14.3. The summed E-state index contributed by atoms with van der Waals surface area (Å²) in [5, 5.41) is 2.60. The number of hydrogen-bond acceptors (Lipinski definition) is 5. The van der Waals surface area contributed by atoms with E-state index in [9.17, 15) is 22.8 Å². The zero-order valence-corrected chi connectivity index (χ0v) is 20.4. The number of ether oxygens (including phenoxy) is 1. The number of cyclic esters (lactones) is 1. The van der Waals surface area contributed by atoms with Crippen LogP contribution in [0.5, 0.6) is 0 Å². The molecule has 0 saturated carbocycles. The van der Waals surface area contributed by atoms with Crippen molar-refractivity contribution in [1.82, 2.24) is 15.2 Å². The van der Waals surface area contributed by atoms with Gasteiger partial charge >= 0.3 is 6.09 Å². The standard InChI is InChI=1S/C22H26F2N4O3.C3H7F/c1-15(29)25-12-19-14-28(22(30)31-19)18-6-7-20(21(24)10-18)16-4-5-17(26-11-16)13-27(2)9-3-8-23;1-2-3-4/h4-7,10-11,19H,3,8-9,12-14H2,1-2H3,(H,25,29);2-3H2,1H3. The minimum absolute atomic E-state index is 0.181. The number of carbonyl (C=O) groups is 2. The number of hydrogen-bond donors (Lipinski definition) is 1. The number of amides is 2. The number of halogens is 3. The SMILES string of the molecule is CC(=O)NCC1CN(c2ccc(-c3ccc(CN(C)CCCF)nc3)c(F)c2)C(=O)O1.CCCF. The van der Waals surface area contributed by atoms with E-state index >= 15 is 0 Å². The molecule has 7 nitrogen and oxygen atoms in total. The second-order valence-electron chi connectivity index (χ2n) is 8.23. The average molecular weight is 495 g/mol. The molecule has 1 aliphatic heterocycles. The van der Waals surface area contributed by atoms with E-state index in [4.69, 9.17) is 4.74 Å². The van der Waals surface area contributed by atoms with Gasteiger partial charge in [-0.15, -0.1) is 0 Å². The van der Waals surface area contributed by atoms with Crippen LogP contribution in [0.1, 0.15) is 32.4 Å². The van der Waals surface area contributed by atoms with Crippen LogP contribution < -0.4 is 10.2 Å². The van der Waals surface area contributed by atoms with Gasteiger partial charge in [0.15, 0.2) is 0 Å². The third-order valence-corrected chi connectivity index (χ3v) is 5.15. The van der Waals surface area contributed by atoms with Gasteiger partial charge in [-0.25, -0.2) is 9.18 Å². The smallest absolute Gasteiger partial charge is 0.414 e. The minimum Gasteiger partial charge on any atom is -0.442 e. The Morgan fingerprint density at radius 3 is 2.57 bits per heavy atom. The highest BCUT2D eigenvalue weighted by molar-refractivity contribution is 5.90. The summed E-state index contributed by atoms with van der Waals surface area (Å²) in [6.45, 7) is 4.31. The predicted molar refractivity (Wildman–Crippen MR) is 129 cm³/mol. The molecule has 3 rings (SSSR count). The first-order valence-electron chi connectivity index (χ1n) is 11.6. The fourth-order valence-corrected chi connectivity index (χ4v) is 3.36. The van der Waals surface area contributed by atoms with Crippen LogP contribution in [0.2, 0.25) is 0 Å². The number of aromatic nitrogens is 1. The number of benzene rings is 1. The summed E-state index contributed by atoms with van der Waals surface area (Å²) in [5.74, 6) is -0.693. The van der Waals surface area contributed by atoms with Gasteiger partial charge in [0.1, 0.15) is 11.9 Å². The second-order valence-corrected chi connectivity index (χ2v) is 8.23. The number of nitrogens with one attached hydrogen (secondary N) is 1. The lowest BCUT2D eigenvalue weighted by atomic mass is 10.1. The van der Waals surface area contributed by atoms with Gasteiger partial charge in [0.25, 0.3) is 0 Å². The van der Waals surface area contributed by atoms with E-state index in [1.807, 2.05) is 18.0 Å². The van der Waals surface area contributed by atoms with Crippen molar-refractivity contribution in [2.24, 2.45) is 0 Å². The summed E-state index contributed by atoms with van der Waals surface area (Å²) in [6, 6.07) is 8.15. The van der Waals surface area contributed by atoms with Crippen molar-refractivity contribution in [3.63, 3.8) is 0 Å². The van der Waals surface area contributed by atoms with Crippen molar-refractivity contribution in [2.45, 2.75) is 39.3 Å². The molecule has 1 atom stereocenters. The molecule has 2 amide bonds. The molecule has 10 heteroatoms. The molecular formula is C25H33F3N4O3. The molecule has 1 saturated heterocycles. The Kier molecular flexibility index (Phi) is 11.5. The highest BCUT2D eigenvalue weighted by atomic mass is 19.1. The maximum Gasteiger partial charge on any atom is 0.414 e. The lowest BCUT2D eigenvalue weighted by molar-refractivity contribution is -0.119. The first-order chi connectivity index (χ1) is 16.8. The van der Waals surface area contributed by atoms with Gasteiger partial charge in [-0.2, -0.15) is 0 Å². The molecule has 1 N–H and O–H groups in total. The quantitative estimate of drug-likeness (QED) is 0.526. The Morgan fingerprint density at radius 2 is 2.00 bits per heavy atom. The van der Waals surface area contributed by atoms with E-state index in [0.717, 1.165) is 5.69 Å².